The number of aryl methyl sites for hydroxylation is 1. The number of carbonyl (C=O) groups is 2. The van der Waals surface area contributed by atoms with Gasteiger partial charge in [0.05, 0.1) is 30.8 Å². The second kappa shape index (κ2) is 9.80. The number of hydrogen-bond acceptors (Lipinski definition) is 5. The van der Waals surface area contributed by atoms with Crippen LogP contribution in [0.25, 0.3) is 0 Å². The summed E-state index contributed by atoms with van der Waals surface area (Å²) in [5.41, 5.74) is 3.14. The van der Waals surface area contributed by atoms with E-state index in [4.69, 9.17) is 4.42 Å². The zero-order valence-electron chi connectivity index (χ0n) is 15.5. The zero-order valence-corrected chi connectivity index (χ0v) is 16.3. The molecule has 0 aliphatic rings. The van der Waals surface area contributed by atoms with Crippen LogP contribution < -0.4 is 10.6 Å². The first-order valence-electron chi connectivity index (χ1n) is 8.88. The van der Waals surface area contributed by atoms with Crippen LogP contribution in [-0.2, 0) is 22.6 Å². The highest BCUT2D eigenvalue weighted by molar-refractivity contribution is 7.99. The fourth-order valence-electron chi connectivity index (χ4n) is 2.52. The van der Waals surface area contributed by atoms with Crippen molar-refractivity contribution in [2.45, 2.75) is 25.0 Å². The minimum Gasteiger partial charge on any atom is -0.467 e. The number of furan rings is 1. The lowest BCUT2D eigenvalue weighted by Gasteiger charge is -2.05. The number of carbonyl (C=O) groups excluding carboxylic acids is 2. The Morgan fingerprint density at radius 1 is 1.11 bits per heavy atom. The van der Waals surface area contributed by atoms with E-state index in [9.17, 15) is 9.59 Å². The first-order valence-corrected chi connectivity index (χ1v) is 9.86. The van der Waals surface area contributed by atoms with Gasteiger partial charge in [-0.3, -0.25) is 9.59 Å². The van der Waals surface area contributed by atoms with E-state index in [1.807, 2.05) is 25.1 Å². The van der Waals surface area contributed by atoms with Crippen molar-refractivity contribution in [3.05, 3.63) is 71.4 Å². The Balaban J connectivity index is 1.39. The number of thioether (sulfide) groups is 1. The van der Waals surface area contributed by atoms with Crippen LogP contribution in [0.2, 0.25) is 0 Å². The highest BCUT2D eigenvalue weighted by Crippen LogP contribution is 2.18. The summed E-state index contributed by atoms with van der Waals surface area (Å²) in [5.74, 6) is 0.351. The van der Waals surface area contributed by atoms with E-state index in [-0.39, 0.29) is 24.1 Å². The maximum atomic E-state index is 12.0. The lowest BCUT2D eigenvalue weighted by atomic mass is 10.1. The molecule has 28 heavy (non-hydrogen) atoms. The monoisotopic (exact) mass is 398 g/mol. The summed E-state index contributed by atoms with van der Waals surface area (Å²) < 4.78 is 5.13. The van der Waals surface area contributed by atoms with Gasteiger partial charge in [-0.15, -0.1) is 0 Å². The largest absolute Gasteiger partial charge is 0.467 e. The maximum Gasteiger partial charge on any atom is 0.239 e. The molecule has 3 aromatic rings. The molecule has 0 fully saturated rings. The molecule has 0 radical (unpaired) electrons. The topological polar surface area (TPSA) is 100 Å². The van der Waals surface area contributed by atoms with Gasteiger partial charge in [-0.2, -0.15) is 0 Å². The lowest BCUT2D eigenvalue weighted by Crippen LogP contribution is -2.37. The van der Waals surface area contributed by atoms with Crippen molar-refractivity contribution in [1.82, 2.24) is 20.6 Å². The minimum absolute atomic E-state index is 0.0729. The summed E-state index contributed by atoms with van der Waals surface area (Å²) in [4.78, 5) is 31.5. The van der Waals surface area contributed by atoms with E-state index in [2.05, 4.69) is 32.7 Å². The average molecular weight is 398 g/mol. The third kappa shape index (κ3) is 6.02. The molecule has 2 aromatic heterocycles. The van der Waals surface area contributed by atoms with E-state index < -0.39 is 0 Å². The minimum atomic E-state index is -0.270. The summed E-state index contributed by atoms with van der Waals surface area (Å²) in [6.07, 6.45) is 2.29. The summed E-state index contributed by atoms with van der Waals surface area (Å²) in [5, 5.41) is 5.97. The SMILES string of the molecule is Cc1[nH]c(SCC(=O)NCC(=O)NCc2ccco2)nc1Cc1ccccc1. The predicted octanol–water partition coefficient (Wildman–Crippen LogP) is 2.43. The van der Waals surface area contributed by atoms with Crippen LogP contribution in [0.1, 0.15) is 22.7 Å². The fraction of sp³-hybridized carbons (Fsp3) is 0.250. The number of benzene rings is 1. The predicted molar refractivity (Wildman–Crippen MR) is 107 cm³/mol. The van der Waals surface area contributed by atoms with Crippen LogP contribution in [0, 0.1) is 6.92 Å². The molecule has 2 heterocycles. The molecule has 1 aromatic carbocycles. The van der Waals surface area contributed by atoms with Crippen LogP contribution in [-0.4, -0.2) is 34.1 Å². The second-order valence-corrected chi connectivity index (χ2v) is 7.16. The van der Waals surface area contributed by atoms with E-state index >= 15 is 0 Å². The molecular weight excluding hydrogens is 376 g/mol. The van der Waals surface area contributed by atoms with Gasteiger partial charge in [-0.1, -0.05) is 42.1 Å². The van der Waals surface area contributed by atoms with Crippen molar-refractivity contribution in [1.29, 1.82) is 0 Å². The van der Waals surface area contributed by atoms with Gasteiger partial charge >= 0.3 is 0 Å². The van der Waals surface area contributed by atoms with Crippen molar-refractivity contribution < 1.29 is 14.0 Å². The molecule has 0 aliphatic heterocycles. The number of aromatic nitrogens is 2. The van der Waals surface area contributed by atoms with Gasteiger partial charge in [0.25, 0.3) is 0 Å². The van der Waals surface area contributed by atoms with Crippen molar-refractivity contribution in [3.63, 3.8) is 0 Å². The third-order valence-electron chi connectivity index (χ3n) is 4.00. The molecule has 7 nitrogen and oxygen atoms in total. The Morgan fingerprint density at radius 3 is 2.68 bits per heavy atom. The van der Waals surface area contributed by atoms with Gasteiger partial charge in [-0.05, 0) is 24.6 Å². The molecule has 0 saturated carbocycles. The van der Waals surface area contributed by atoms with Gasteiger partial charge in [-0.25, -0.2) is 4.98 Å². The fourth-order valence-corrected chi connectivity index (χ4v) is 3.29. The van der Waals surface area contributed by atoms with Gasteiger partial charge in [0.2, 0.25) is 11.8 Å². The van der Waals surface area contributed by atoms with E-state index in [0.29, 0.717) is 17.5 Å². The van der Waals surface area contributed by atoms with E-state index in [1.54, 1.807) is 18.4 Å². The molecule has 3 rings (SSSR count). The number of nitrogens with zero attached hydrogens (tertiary/aromatic N) is 1. The number of imidazole rings is 1. The number of H-pyrrole nitrogens is 1. The maximum absolute atomic E-state index is 12.0. The Kier molecular flexibility index (Phi) is 6.91. The van der Waals surface area contributed by atoms with Crippen molar-refractivity contribution in [2.75, 3.05) is 12.3 Å². The highest BCUT2D eigenvalue weighted by atomic mass is 32.2. The van der Waals surface area contributed by atoms with E-state index in [0.717, 1.165) is 17.8 Å². The zero-order chi connectivity index (χ0) is 19.8. The Bertz CT molecular complexity index is 907. The lowest BCUT2D eigenvalue weighted by molar-refractivity contribution is -0.124. The van der Waals surface area contributed by atoms with Gasteiger partial charge < -0.3 is 20.0 Å². The molecule has 0 unspecified atom stereocenters. The van der Waals surface area contributed by atoms with Crippen molar-refractivity contribution >= 4 is 23.6 Å². The first-order chi connectivity index (χ1) is 13.6. The van der Waals surface area contributed by atoms with Crippen LogP contribution in [0.4, 0.5) is 0 Å². The van der Waals surface area contributed by atoms with Crippen LogP contribution in [0.15, 0.2) is 58.3 Å². The Labute approximate surface area is 167 Å². The van der Waals surface area contributed by atoms with Crippen molar-refractivity contribution in [3.8, 4) is 0 Å². The van der Waals surface area contributed by atoms with Gasteiger partial charge in [0, 0.05) is 12.1 Å². The molecule has 146 valence electrons. The summed E-state index contributed by atoms with van der Waals surface area (Å²) in [6.45, 7) is 2.20. The number of nitrogens with one attached hydrogen (secondary N) is 3. The second-order valence-electron chi connectivity index (χ2n) is 6.20. The number of rotatable bonds is 9. The third-order valence-corrected chi connectivity index (χ3v) is 4.88. The molecule has 0 bridgehead atoms. The molecule has 0 spiro atoms. The van der Waals surface area contributed by atoms with Crippen molar-refractivity contribution in [2.24, 2.45) is 0 Å². The molecule has 8 heteroatoms. The quantitative estimate of drug-likeness (QED) is 0.481. The van der Waals surface area contributed by atoms with Crippen LogP contribution >= 0.6 is 11.8 Å². The Hall–Kier alpha value is -3.00. The summed E-state index contributed by atoms with van der Waals surface area (Å²) in [7, 11) is 0. The first kappa shape index (κ1) is 19.8. The summed E-state index contributed by atoms with van der Waals surface area (Å²) >= 11 is 1.31. The van der Waals surface area contributed by atoms with E-state index in [1.165, 1.54) is 17.3 Å². The normalized spacial score (nSPS) is 10.6. The van der Waals surface area contributed by atoms with Crippen LogP contribution in [0.5, 0.6) is 0 Å². The summed E-state index contributed by atoms with van der Waals surface area (Å²) in [6, 6.07) is 13.6. The van der Waals surface area contributed by atoms with Gasteiger partial charge in [0.15, 0.2) is 5.16 Å². The van der Waals surface area contributed by atoms with Gasteiger partial charge in [0.1, 0.15) is 5.76 Å². The molecule has 3 N–H and O–H groups in total. The van der Waals surface area contributed by atoms with Crippen LogP contribution in [0.3, 0.4) is 0 Å². The number of aromatic amines is 1. The molecule has 0 atom stereocenters. The number of amides is 2. The number of hydrogen-bond donors (Lipinski definition) is 3. The molecule has 0 saturated heterocycles. The average Bonchev–Trinajstić information content (AvgIpc) is 3.34. The molecular formula is C20H22N4O3S. The smallest absolute Gasteiger partial charge is 0.239 e. The highest BCUT2D eigenvalue weighted by Gasteiger charge is 2.11. The Morgan fingerprint density at radius 2 is 1.93 bits per heavy atom. The molecule has 2 amide bonds. The standard InChI is InChI=1S/C20H22N4O3S/c1-14-17(10-15-6-3-2-4-7-15)24-20(23-14)28-13-19(26)22-12-18(25)21-11-16-8-5-9-27-16/h2-9H,10-13H2,1H3,(H,21,25)(H,22,26)(H,23,24). The molecule has 0 aliphatic carbocycles.